The molecule has 8 rings (SSSR count). The maximum atomic E-state index is 13.3. The summed E-state index contributed by atoms with van der Waals surface area (Å²) in [5.41, 5.74) is 4.19. The number of carbonyl (C=O) groups excluding carboxylic acids is 3. The molecule has 256 valence electrons. The molecular weight excluding hydrogens is 632 g/mol. The Morgan fingerprint density at radius 3 is 2.12 bits per heavy atom. The first kappa shape index (κ1) is 32.3. The van der Waals surface area contributed by atoms with Crippen LogP contribution in [0.15, 0.2) is 103 Å². The van der Waals surface area contributed by atoms with Crippen LogP contribution in [0.5, 0.6) is 0 Å². The van der Waals surface area contributed by atoms with E-state index in [-0.39, 0.29) is 42.5 Å². The monoisotopic (exact) mass is 672 g/mol. The van der Waals surface area contributed by atoms with Crippen molar-refractivity contribution in [3.63, 3.8) is 0 Å². The van der Waals surface area contributed by atoms with Gasteiger partial charge < -0.3 is 29.7 Å². The number of rotatable bonds is 7. The Labute approximate surface area is 291 Å². The van der Waals surface area contributed by atoms with Gasteiger partial charge in [0.15, 0.2) is 6.29 Å². The molecule has 3 saturated heterocycles. The van der Waals surface area contributed by atoms with Crippen LogP contribution in [0, 0.1) is 5.92 Å². The summed E-state index contributed by atoms with van der Waals surface area (Å²) in [4.78, 5) is 45.7. The van der Waals surface area contributed by atoms with E-state index in [1.807, 2.05) is 54.6 Å². The minimum absolute atomic E-state index is 0.0304. The van der Waals surface area contributed by atoms with Crippen LogP contribution < -0.4 is 15.1 Å². The van der Waals surface area contributed by atoms with Crippen molar-refractivity contribution in [3.8, 4) is 0 Å². The highest BCUT2D eigenvalue weighted by molar-refractivity contribution is 6.34. The van der Waals surface area contributed by atoms with Crippen LogP contribution in [0.4, 0.5) is 11.4 Å². The Morgan fingerprint density at radius 1 is 0.780 bits per heavy atom. The van der Waals surface area contributed by atoms with Gasteiger partial charge in [-0.2, -0.15) is 0 Å². The zero-order valence-electron chi connectivity index (χ0n) is 27.9. The first-order chi connectivity index (χ1) is 24.4. The van der Waals surface area contributed by atoms with Gasteiger partial charge in [-0.1, -0.05) is 73.7 Å². The molecule has 0 bridgehead atoms. The number of benzene rings is 4. The highest BCUT2D eigenvalue weighted by atomic mass is 16.7. The van der Waals surface area contributed by atoms with Crippen molar-refractivity contribution in [2.75, 3.05) is 36.1 Å². The molecule has 3 fully saturated rings. The quantitative estimate of drug-likeness (QED) is 0.258. The molecule has 4 aromatic carbocycles. The Morgan fingerprint density at radius 2 is 1.44 bits per heavy atom. The number of anilines is 2. The number of para-hydroxylation sites is 1. The third-order valence-electron chi connectivity index (χ3n) is 10.8. The molecule has 10 heteroatoms. The third-order valence-corrected chi connectivity index (χ3v) is 10.8. The van der Waals surface area contributed by atoms with E-state index in [0.29, 0.717) is 48.4 Å². The molecule has 10 nitrogen and oxygen atoms in total. The van der Waals surface area contributed by atoms with Gasteiger partial charge >= 0.3 is 0 Å². The van der Waals surface area contributed by atoms with Gasteiger partial charge in [0.05, 0.1) is 42.3 Å². The summed E-state index contributed by atoms with van der Waals surface area (Å²) < 4.78 is 13.5. The lowest BCUT2D eigenvalue weighted by Crippen LogP contribution is -2.57. The van der Waals surface area contributed by atoms with Crippen LogP contribution >= 0.6 is 0 Å². The van der Waals surface area contributed by atoms with Gasteiger partial charge in [-0.05, 0) is 60.4 Å². The number of fused-ring (bicyclic) bond motifs is 1. The first-order valence-electron chi connectivity index (χ1n) is 17.3. The molecule has 0 saturated carbocycles. The molecule has 4 atom stereocenters. The number of hydrogen-bond donors (Lipinski definition) is 2. The third kappa shape index (κ3) is 5.58. The zero-order chi connectivity index (χ0) is 34.4. The first-order valence-corrected chi connectivity index (χ1v) is 17.3. The van der Waals surface area contributed by atoms with Crippen LogP contribution in [-0.4, -0.2) is 65.7 Å². The fraction of sp³-hybridized carbons (Fsp3) is 0.325. The van der Waals surface area contributed by atoms with Gasteiger partial charge in [-0.15, -0.1) is 0 Å². The summed E-state index contributed by atoms with van der Waals surface area (Å²) in [6.45, 7) is 4.71. The van der Waals surface area contributed by atoms with Crippen LogP contribution in [0.1, 0.15) is 69.6 Å². The second-order valence-electron chi connectivity index (χ2n) is 13.7. The van der Waals surface area contributed by atoms with Crippen molar-refractivity contribution in [1.82, 2.24) is 10.2 Å². The fourth-order valence-electron chi connectivity index (χ4n) is 7.95. The molecule has 4 aromatic rings. The largest absolute Gasteiger partial charge is 0.392 e. The van der Waals surface area contributed by atoms with Gasteiger partial charge in [0, 0.05) is 36.8 Å². The van der Waals surface area contributed by atoms with Gasteiger partial charge in [0.1, 0.15) is 5.54 Å². The Bertz CT molecular complexity index is 1870. The number of piperidine rings is 1. The van der Waals surface area contributed by atoms with E-state index in [0.717, 1.165) is 29.9 Å². The number of aliphatic hydroxyl groups excluding tert-OH is 1. The normalized spacial score (nSPS) is 24.9. The second-order valence-corrected chi connectivity index (χ2v) is 13.7. The van der Waals surface area contributed by atoms with E-state index in [2.05, 4.69) is 34.2 Å². The smallest absolute Gasteiger partial charge is 0.266 e. The van der Waals surface area contributed by atoms with Crippen LogP contribution in [0.25, 0.3) is 0 Å². The number of hydrogen-bond acceptors (Lipinski definition) is 8. The number of aliphatic hydroxyl groups is 1. The SMILES string of the molecule is CC1C(CN2CCC3(CC2)C(=O)NCN3c2ccccc2)OC(c2cccc(N3C(=O)c4ccccc4C3=O)c2)OC1c1ccc(CO)cc1. The second kappa shape index (κ2) is 13.1. The lowest BCUT2D eigenvalue weighted by molar-refractivity contribution is -0.276. The number of likely N-dealkylation sites (tertiary alicyclic amines) is 1. The average Bonchev–Trinajstić information content (AvgIpc) is 3.61. The Kier molecular flexibility index (Phi) is 8.48. The molecule has 0 aliphatic carbocycles. The van der Waals surface area contributed by atoms with Crippen LogP contribution in [-0.2, 0) is 20.9 Å². The topological polar surface area (TPSA) is 112 Å². The number of ether oxygens (including phenoxy) is 2. The number of amides is 3. The molecule has 0 aromatic heterocycles. The van der Waals surface area contributed by atoms with Crippen LogP contribution in [0.2, 0.25) is 0 Å². The predicted octanol–water partition coefficient (Wildman–Crippen LogP) is 5.20. The molecule has 2 N–H and O–H groups in total. The van der Waals surface area contributed by atoms with Crippen molar-refractivity contribution in [2.24, 2.45) is 5.92 Å². The molecule has 0 radical (unpaired) electrons. The van der Waals surface area contributed by atoms with Gasteiger partial charge in [0.2, 0.25) is 5.91 Å². The van der Waals surface area contributed by atoms with E-state index in [4.69, 9.17) is 9.47 Å². The minimum atomic E-state index is -0.765. The van der Waals surface area contributed by atoms with Crippen molar-refractivity contribution >= 4 is 29.1 Å². The summed E-state index contributed by atoms with van der Waals surface area (Å²) in [6.07, 6.45) is 0.0848. The Balaban J connectivity index is 1.04. The highest BCUT2D eigenvalue weighted by Crippen LogP contribution is 2.44. The van der Waals surface area contributed by atoms with E-state index >= 15 is 0 Å². The molecule has 4 heterocycles. The number of carbonyl (C=O) groups is 3. The molecular formula is C40H40N4O6. The van der Waals surface area contributed by atoms with E-state index in [1.165, 1.54) is 4.90 Å². The van der Waals surface area contributed by atoms with Gasteiger partial charge in [-0.25, -0.2) is 4.90 Å². The fourth-order valence-corrected chi connectivity index (χ4v) is 7.95. The standard InChI is InChI=1S/C40H40N4O6/c1-26-34(23-42-20-18-40(19-21-42)39(48)41-25-43(40)30-9-3-2-4-10-30)49-38(50-35(26)28-16-14-27(24-45)15-17-28)29-8-7-11-31(22-29)44-36(46)32-12-5-6-13-33(32)37(44)47/h2-17,22,26,34-35,38,45H,18-21,23-25H2,1H3,(H,41,48). The zero-order valence-corrected chi connectivity index (χ0v) is 27.9. The van der Waals surface area contributed by atoms with Crippen molar-refractivity contribution in [2.45, 2.75) is 50.4 Å². The van der Waals surface area contributed by atoms with Crippen LogP contribution in [0.3, 0.4) is 0 Å². The minimum Gasteiger partial charge on any atom is -0.392 e. The summed E-state index contributed by atoms with van der Waals surface area (Å²) in [5.74, 6) is -0.657. The van der Waals surface area contributed by atoms with Crippen molar-refractivity contribution in [3.05, 3.63) is 131 Å². The van der Waals surface area contributed by atoms with E-state index in [1.54, 1.807) is 36.4 Å². The molecule has 3 amide bonds. The molecule has 4 unspecified atom stereocenters. The Hall–Kier alpha value is -4.87. The average molecular weight is 673 g/mol. The summed E-state index contributed by atoms with van der Waals surface area (Å²) in [7, 11) is 0. The van der Waals surface area contributed by atoms with E-state index in [9.17, 15) is 19.5 Å². The summed E-state index contributed by atoms with van der Waals surface area (Å²) >= 11 is 0. The maximum absolute atomic E-state index is 13.3. The predicted molar refractivity (Wildman–Crippen MR) is 187 cm³/mol. The van der Waals surface area contributed by atoms with Crippen molar-refractivity contribution < 1.29 is 29.0 Å². The van der Waals surface area contributed by atoms with E-state index < -0.39 is 11.8 Å². The van der Waals surface area contributed by atoms with Crippen molar-refractivity contribution in [1.29, 1.82) is 0 Å². The number of nitrogens with one attached hydrogen (secondary N) is 1. The maximum Gasteiger partial charge on any atom is 0.266 e. The lowest BCUT2D eigenvalue weighted by atomic mass is 9.84. The van der Waals surface area contributed by atoms with Gasteiger partial charge in [-0.3, -0.25) is 14.4 Å². The molecule has 4 aliphatic rings. The summed E-state index contributed by atoms with van der Waals surface area (Å²) in [5, 5.41) is 12.7. The molecule has 50 heavy (non-hydrogen) atoms. The molecule has 1 spiro atoms. The molecule has 4 aliphatic heterocycles. The lowest BCUT2D eigenvalue weighted by Gasteiger charge is -2.46. The highest BCUT2D eigenvalue weighted by Gasteiger charge is 2.51. The number of imide groups is 1. The number of nitrogens with zero attached hydrogens (tertiary/aromatic N) is 3. The van der Waals surface area contributed by atoms with Gasteiger partial charge in [0.25, 0.3) is 11.8 Å². The summed E-state index contributed by atoms with van der Waals surface area (Å²) in [6, 6.07) is 32.0.